The van der Waals surface area contributed by atoms with Gasteiger partial charge in [-0.05, 0) is 73.3 Å². The lowest BCUT2D eigenvalue weighted by molar-refractivity contribution is -0.103. The highest BCUT2D eigenvalue weighted by molar-refractivity contribution is 5.37. The van der Waals surface area contributed by atoms with Gasteiger partial charge in [-0.15, -0.1) is 0 Å². The molecule has 3 nitrogen and oxygen atoms in total. The van der Waals surface area contributed by atoms with E-state index in [0.717, 1.165) is 37.4 Å². The predicted molar refractivity (Wildman–Crippen MR) is 99.7 cm³/mol. The topological polar surface area (TPSA) is 49.7 Å². The van der Waals surface area contributed by atoms with E-state index in [2.05, 4.69) is 30.9 Å². The molecular formula is C23H30O3. The van der Waals surface area contributed by atoms with Crippen LogP contribution in [-0.2, 0) is 4.74 Å². The normalized spacial score (nSPS) is 50.8. The van der Waals surface area contributed by atoms with Crippen molar-refractivity contribution < 1.29 is 14.9 Å². The molecule has 0 heterocycles. The van der Waals surface area contributed by atoms with E-state index >= 15 is 0 Å². The maximum absolute atomic E-state index is 11.6. The Bertz CT molecular complexity index is 740. The van der Waals surface area contributed by atoms with E-state index in [0.29, 0.717) is 29.6 Å². The second kappa shape index (κ2) is 5.63. The second-order valence-corrected chi connectivity index (χ2v) is 9.44. The fraction of sp³-hybridized carbons (Fsp3) is 0.739. The summed E-state index contributed by atoms with van der Waals surface area (Å²) < 4.78 is 5.50. The van der Waals surface area contributed by atoms with Crippen LogP contribution in [0, 0.1) is 52.8 Å². The minimum absolute atomic E-state index is 0.114. The standard InChI is InChI=1S/C23H30O3/c1-22-10-8-17-16-7-5-15(26-2)12-14(16)4-6-18(17)21(22)19-13-20(19)23(22,25)9-3-11-24/h4,12,16-21,24-25H,5-8,10-11,13H2,1-2H3/t16-,17+,18+,19+,20-,21+,22-,23-/m0/s1. The Kier molecular flexibility index (Phi) is 3.66. The summed E-state index contributed by atoms with van der Waals surface area (Å²) in [5.74, 6) is 10.7. The number of methoxy groups -OCH3 is 1. The molecule has 0 aromatic heterocycles. The van der Waals surface area contributed by atoms with Gasteiger partial charge in [-0.1, -0.05) is 24.8 Å². The van der Waals surface area contributed by atoms with E-state index in [1.807, 2.05) is 0 Å². The average molecular weight is 354 g/mol. The van der Waals surface area contributed by atoms with Crippen LogP contribution in [0.5, 0.6) is 0 Å². The molecule has 0 aromatic rings. The van der Waals surface area contributed by atoms with Crippen LogP contribution in [0.2, 0.25) is 0 Å². The molecule has 26 heavy (non-hydrogen) atoms. The van der Waals surface area contributed by atoms with Gasteiger partial charge in [0.25, 0.3) is 0 Å². The third kappa shape index (κ3) is 2.04. The van der Waals surface area contributed by atoms with E-state index in [-0.39, 0.29) is 12.0 Å². The zero-order chi connectivity index (χ0) is 18.1. The number of fused-ring (bicyclic) bond motifs is 7. The number of allylic oxidation sites excluding steroid dienone is 4. The summed E-state index contributed by atoms with van der Waals surface area (Å²) in [6.45, 7) is 2.13. The number of hydrogen-bond donors (Lipinski definition) is 2. The largest absolute Gasteiger partial charge is 0.501 e. The van der Waals surface area contributed by atoms with Gasteiger partial charge in [0, 0.05) is 17.8 Å². The molecule has 0 bridgehead atoms. The van der Waals surface area contributed by atoms with E-state index in [9.17, 15) is 10.2 Å². The molecule has 0 aromatic carbocycles. The van der Waals surface area contributed by atoms with Crippen molar-refractivity contribution in [3.63, 3.8) is 0 Å². The van der Waals surface area contributed by atoms with Crippen molar-refractivity contribution in [2.45, 2.75) is 51.0 Å². The summed E-state index contributed by atoms with van der Waals surface area (Å²) in [6.07, 6.45) is 11.5. The molecule has 140 valence electrons. The van der Waals surface area contributed by atoms with Gasteiger partial charge in [-0.2, -0.15) is 0 Å². The van der Waals surface area contributed by atoms with Crippen molar-refractivity contribution >= 4 is 0 Å². The molecule has 0 amide bonds. The highest BCUT2D eigenvalue weighted by Gasteiger charge is 2.75. The first-order valence-corrected chi connectivity index (χ1v) is 10.3. The van der Waals surface area contributed by atoms with Crippen molar-refractivity contribution in [2.75, 3.05) is 13.7 Å². The summed E-state index contributed by atoms with van der Waals surface area (Å²) in [4.78, 5) is 0. The number of aliphatic hydroxyl groups is 2. The highest BCUT2D eigenvalue weighted by atomic mass is 16.5. The van der Waals surface area contributed by atoms with Crippen LogP contribution in [0.3, 0.4) is 0 Å². The van der Waals surface area contributed by atoms with Gasteiger partial charge >= 0.3 is 0 Å². The lowest BCUT2D eigenvalue weighted by Gasteiger charge is -2.55. The Hall–Kier alpha value is -1.24. The Labute approximate surface area is 156 Å². The lowest BCUT2D eigenvalue weighted by Crippen LogP contribution is -2.54. The Balaban J connectivity index is 1.49. The Morgan fingerprint density at radius 1 is 1.27 bits per heavy atom. The minimum Gasteiger partial charge on any atom is -0.501 e. The molecule has 5 aliphatic carbocycles. The molecule has 3 saturated carbocycles. The Morgan fingerprint density at radius 3 is 2.88 bits per heavy atom. The number of rotatable bonds is 1. The fourth-order valence-electron chi connectivity index (χ4n) is 7.50. The maximum atomic E-state index is 11.6. The van der Waals surface area contributed by atoms with Crippen LogP contribution >= 0.6 is 0 Å². The van der Waals surface area contributed by atoms with Gasteiger partial charge in [0.1, 0.15) is 12.2 Å². The quantitative estimate of drug-likeness (QED) is 0.711. The molecule has 2 N–H and O–H groups in total. The van der Waals surface area contributed by atoms with Crippen molar-refractivity contribution in [2.24, 2.45) is 40.9 Å². The van der Waals surface area contributed by atoms with Crippen LogP contribution in [0.15, 0.2) is 23.5 Å². The third-order valence-corrected chi connectivity index (χ3v) is 8.67. The lowest BCUT2D eigenvalue weighted by atomic mass is 9.50. The van der Waals surface area contributed by atoms with Crippen LogP contribution in [0.25, 0.3) is 0 Å². The zero-order valence-electron chi connectivity index (χ0n) is 15.9. The molecule has 5 rings (SSSR count). The van der Waals surface area contributed by atoms with Crippen molar-refractivity contribution in [3.8, 4) is 11.8 Å². The maximum Gasteiger partial charge on any atom is 0.134 e. The van der Waals surface area contributed by atoms with Gasteiger partial charge in [0.15, 0.2) is 0 Å². The van der Waals surface area contributed by atoms with Crippen molar-refractivity contribution in [1.29, 1.82) is 0 Å². The van der Waals surface area contributed by atoms with Gasteiger partial charge < -0.3 is 14.9 Å². The van der Waals surface area contributed by atoms with Crippen LogP contribution < -0.4 is 0 Å². The molecular weight excluding hydrogens is 324 g/mol. The molecule has 8 atom stereocenters. The van der Waals surface area contributed by atoms with Gasteiger partial charge in [0.05, 0.1) is 12.9 Å². The minimum atomic E-state index is -0.893. The molecule has 0 spiro atoms. The van der Waals surface area contributed by atoms with Gasteiger partial charge in [-0.3, -0.25) is 0 Å². The molecule has 0 saturated heterocycles. The van der Waals surface area contributed by atoms with E-state index in [1.165, 1.54) is 18.4 Å². The molecule has 3 heteroatoms. The first-order chi connectivity index (χ1) is 12.5. The second-order valence-electron chi connectivity index (χ2n) is 9.44. The highest BCUT2D eigenvalue weighted by Crippen LogP contribution is 2.75. The predicted octanol–water partition coefficient (Wildman–Crippen LogP) is 3.28. The smallest absolute Gasteiger partial charge is 0.134 e. The van der Waals surface area contributed by atoms with Crippen molar-refractivity contribution in [1.82, 2.24) is 0 Å². The fourth-order valence-corrected chi connectivity index (χ4v) is 7.50. The van der Waals surface area contributed by atoms with Crippen LogP contribution in [0.1, 0.15) is 45.4 Å². The molecule has 5 aliphatic rings. The zero-order valence-corrected chi connectivity index (χ0v) is 15.9. The molecule has 0 aliphatic heterocycles. The molecule has 0 unspecified atom stereocenters. The molecule has 0 radical (unpaired) electrons. The van der Waals surface area contributed by atoms with E-state index in [4.69, 9.17) is 4.74 Å². The van der Waals surface area contributed by atoms with E-state index in [1.54, 1.807) is 7.11 Å². The molecule has 3 fully saturated rings. The number of aliphatic hydroxyl groups excluding tert-OH is 1. The third-order valence-electron chi connectivity index (χ3n) is 8.67. The average Bonchev–Trinajstić information content (AvgIpc) is 3.42. The first kappa shape index (κ1) is 16.9. The van der Waals surface area contributed by atoms with Crippen molar-refractivity contribution in [3.05, 3.63) is 23.5 Å². The number of ether oxygens (including phenoxy) is 1. The van der Waals surface area contributed by atoms with E-state index < -0.39 is 5.60 Å². The summed E-state index contributed by atoms with van der Waals surface area (Å²) in [5.41, 5.74) is 0.492. The SMILES string of the molecule is COC1=CC2=CC[C@@H]3[C@H](CC[C@@]4(C)[C@H]3[C@@H]3C[C@@H]3[C@@]4(O)C#CCO)[C@H]2CC1. The van der Waals surface area contributed by atoms with Crippen LogP contribution in [-0.4, -0.2) is 29.5 Å². The number of hydrogen-bond acceptors (Lipinski definition) is 3. The van der Waals surface area contributed by atoms with Gasteiger partial charge in [-0.25, -0.2) is 0 Å². The van der Waals surface area contributed by atoms with Crippen LogP contribution in [0.4, 0.5) is 0 Å². The van der Waals surface area contributed by atoms with Gasteiger partial charge in [0.2, 0.25) is 0 Å². The summed E-state index contributed by atoms with van der Waals surface area (Å²) in [6, 6.07) is 0. The summed E-state index contributed by atoms with van der Waals surface area (Å²) in [5, 5.41) is 20.7. The summed E-state index contributed by atoms with van der Waals surface area (Å²) in [7, 11) is 1.78. The summed E-state index contributed by atoms with van der Waals surface area (Å²) >= 11 is 0. The monoisotopic (exact) mass is 354 g/mol. The Morgan fingerprint density at radius 2 is 2.12 bits per heavy atom. The first-order valence-electron chi connectivity index (χ1n) is 10.3.